The van der Waals surface area contributed by atoms with E-state index in [2.05, 4.69) is 6.92 Å². The Hall–Kier alpha value is -1.06. The molecule has 0 radical (unpaired) electrons. The fourth-order valence-electron chi connectivity index (χ4n) is 2.13. The van der Waals surface area contributed by atoms with Gasteiger partial charge in [0.25, 0.3) is 0 Å². The predicted octanol–water partition coefficient (Wildman–Crippen LogP) is 2.70. The summed E-state index contributed by atoms with van der Waals surface area (Å²) in [5.74, 6) is -0.277. The lowest BCUT2D eigenvalue weighted by molar-refractivity contribution is -0.171. The van der Waals surface area contributed by atoms with E-state index in [0.29, 0.717) is 19.0 Å². The lowest BCUT2D eigenvalue weighted by Gasteiger charge is -2.27. The Kier molecular flexibility index (Phi) is 3.17. The largest absolute Gasteiger partial charge is 0.508 e. The van der Waals surface area contributed by atoms with Crippen LogP contribution in [0.4, 0.5) is 0 Å². The first-order valence-electron chi connectivity index (χ1n) is 5.76. The normalized spacial score (nSPS) is 18.9. The lowest BCUT2D eigenvalue weighted by Crippen LogP contribution is -2.26. The van der Waals surface area contributed by atoms with Crippen LogP contribution in [-0.2, 0) is 15.3 Å². The molecule has 0 bridgehead atoms. The van der Waals surface area contributed by atoms with Gasteiger partial charge in [-0.1, -0.05) is 13.3 Å². The molecule has 0 amide bonds. The quantitative estimate of drug-likeness (QED) is 0.854. The number of phenolic OH excluding ortho intramolecular Hbond substituents is 1. The van der Waals surface area contributed by atoms with Crippen molar-refractivity contribution in [2.24, 2.45) is 0 Å². The van der Waals surface area contributed by atoms with Gasteiger partial charge < -0.3 is 14.6 Å². The van der Waals surface area contributed by atoms with Crippen LogP contribution in [0, 0.1) is 6.92 Å². The van der Waals surface area contributed by atoms with E-state index in [9.17, 15) is 5.11 Å². The Morgan fingerprint density at radius 1 is 1.31 bits per heavy atom. The molecule has 0 aromatic heterocycles. The summed E-state index contributed by atoms with van der Waals surface area (Å²) in [7, 11) is 0. The number of hydrogen-bond donors (Lipinski definition) is 1. The fourth-order valence-corrected chi connectivity index (χ4v) is 2.13. The summed E-state index contributed by atoms with van der Waals surface area (Å²) >= 11 is 0. The minimum atomic E-state index is -0.590. The first-order chi connectivity index (χ1) is 7.68. The van der Waals surface area contributed by atoms with Crippen LogP contribution in [0.1, 0.15) is 30.9 Å². The van der Waals surface area contributed by atoms with E-state index in [0.717, 1.165) is 24.0 Å². The van der Waals surface area contributed by atoms with Gasteiger partial charge in [-0.15, -0.1) is 0 Å². The van der Waals surface area contributed by atoms with Gasteiger partial charge in [0.2, 0.25) is 0 Å². The van der Waals surface area contributed by atoms with E-state index in [1.54, 1.807) is 6.07 Å². The zero-order chi connectivity index (χ0) is 11.6. The maximum Gasteiger partial charge on any atom is 0.194 e. The molecule has 0 unspecified atom stereocenters. The van der Waals surface area contributed by atoms with Crippen molar-refractivity contribution in [1.82, 2.24) is 0 Å². The van der Waals surface area contributed by atoms with Gasteiger partial charge in [0.1, 0.15) is 5.75 Å². The zero-order valence-corrected chi connectivity index (χ0v) is 9.82. The highest BCUT2D eigenvalue weighted by atomic mass is 16.7. The third-order valence-electron chi connectivity index (χ3n) is 2.97. The first kappa shape index (κ1) is 11.4. The summed E-state index contributed by atoms with van der Waals surface area (Å²) in [5, 5.41) is 9.52. The minimum absolute atomic E-state index is 0.313. The summed E-state index contributed by atoms with van der Waals surface area (Å²) in [6.45, 7) is 5.27. The van der Waals surface area contributed by atoms with Crippen molar-refractivity contribution in [2.45, 2.75) is 32.5 Å². The number of rotatable bonds is 3. The van der Waals surface area contributed by atoms with Crippen molar-refractivity contribution in [3.63, 3.8) is 0 Å². The Morgan fingerprint density at radius 2 is 2.00 bits per heavy atom. The highest BCUT2D eigenvalue weighted by Gasteiger charge is 2.37. The second-order valence-corrected chi connectivity index (χ2v) is 4.20. The van der Waals surface area contributed by atoms with Gasteiger partial charge in [-0.25, -0.2) is 0 Å². The highest BCUT2D eigenvalue weighted by Crippen LogP contribution is 2.37. The van der Waals surface area contributed by atoms with E-state index >= 15 is 0 Å². The highest BCUT2D eigenvalue weighted by molar-refractivity contribution is 5.37. The van der Waals surface area contributed by atoms with Crippen LogP contribution in [0.3, 0.4) is 0 Å². The molecule has 3 nitrogen and oxygen atoms in total. The Balaban J connectivity index is 2.35. The maximum atomic E-state index is 9.52. The lowest BCUT2D eigenvalue weighted by atomic mass is 9.99. The predicted molar refractivity (Wildman–Crippen MR) is 61.3 cm³/mol. The molecule has 1 fully saturated rings. The summed E-state index contributed by atoms with van der Waals surface area (Å²) < 4.78 is 11.5. The van der Waals surface area contributed by atoms with Crippen LogP contribution in [0.5, 0.6) is 5.75 Å². The average Bonchev–Trinajstić information content (AvgIpc) is 2.72. The summed E-state index contributed by atoms with van der Waals surface area (Å²) in [6, 6.07) is 5.52. The number of aryl methyl sites for hydroxylation is 1. The van der Waals surface area contributed by atoms with Gasteiger partial charge >= 0.3 is 0 Å². The third-order valence-corrected chi connectivity index (χ3v) is 2.97. The first-order valence-corrected chi connectivity index (χ1v) is 5.76. The van der Waals surface area contributed by atoms with Crippen molar-refractivity contribution < 1.29 is 14.6 Å². The topological polar surface area (TPSA) is 38.7 Å². The molecule has 0 spiro atoms. The molecule has 16 heavy (non-hydrogen) atoms. The monoisotopic (exact) mass is 222 g/mol. The van der Waals surface area contributed by atoms with Crippen molar-refractivity contribution >= 4 is 0 Å². The molecule has 1 saturated heterocycles. The fraction of sp³-hybridized carbons (Fsp3) is 0.538. The Bertz CT molecular complexity index is 367. The van der Waals surface area contributed by atoms with Crippen LogP contribution < -0.4 is 0 Å². The van der Waals surface area contributed by atoms with Gasteiger partial charge in [-0.2, -0.15) is 0 Å². The smallest absolute Gasteiger partial charge is 0.194 e. The van der Waals surface area contributed by atoms with E-state index in [1.807, 2.05) is 19.1 Å². The number of benzene rings is 1. The molecule has 1 aromatic rings. The molecule has 1 aliphatic rings. The Labute approximate surface area is 96.0 Å². The van der Waals surface area contributed by atoms with E-state index in [1.165, 1.54) is 0 Å². The molecule has 1 N–H and O–H groups in total. The van der Waals surface area contributed by atoms with Gasteiger partial charge in [-0.3, -0.25) is 0 Å². The number of aromatic hydroxyl groups is 1. The SMILES string of the molecule is CCCC1(c2ccc(O)c(C)c2)OCCO1. The van der Waals surface area contributed by atoms with E-state index in [4.69, 9.17) is 9.47 Å². The average molecular weight is 222 g/mol. The molecule has 1 heterocycles. The molecule has 1 aliphatic heterocycles. The molecule has 2 rings (SSSR count). The molecule has 88 valence electrons. The van der Waals surface area contributed by atoms with E-state index in [-0.39, 0.29) is 0 Å². The molecule has 1 aromatic carbocycles. The molecule has 0 atom stereocenters. The van der Waals surface area contributed by atoms with Crippen LogP contribution >= 0.6 is 0 Å². The van der Waals surface area contributed by atoms with Crippen LogP contribution in [-0.4, -0.2) is 18.3 Å². The van der Waals surface area contributed by atoms with Gasteiger partial charge in [-0.05, 0) is 30.7 Å². The number of hydrogen-bond acceptors (Lipinski definition) is 3. The second kappa shape index (κ2) is 4.44. The van der Waals surface area contributed by atoms with Crippen molar-refractivity contribution in [3.05, 3.63) is 29.3 Å². The van der Waals surface area contributed by atoms with Crippen molar-refractivity contribution in [2.75, 3.05) is 13.2 Å². The summed E-state index contributed by atoms with van der Waals surface area (Å²) in [5.41, 5.74) is 1.86. The maximum absolute atomic E-state index is 9.52. The van der Waals surface area contributed by atoms with Crippen molar-refractivity contribution in [1.29, 1.82) is 0 Å². The third kappa shape index (κ3) is 1.93. The molecular weight excluding hydrogens is 204 g/mol. The minimum Gasteiger partial charge on any atom is -0.508 e. The van der Waals surface area contributed by atoms with Crippen molar-refractivity contribution in [3.8, 4) is 5.75 Å². The zero-order valence-electron chi connectivity index (χ0n) is 9.82. The Morgan fingerprint density at radius 3 is 2.56 bits per heavy atom. The number of phenols is 1. The second-order valence-electron chi connectivity index (χ2n) is 4.20. The van der Waals surface area contributed by atoms with Gasteiger partial charge in [0.15, 0.2) is 5.79 Å². The number of ether oxygens (including phenoxy) is 2. The molecular formula is C13H18O3. The summed E-state index contributed by atoms with van der Waals surface area (Å²) in [6.07, 6.45) is 1.84. The summed E-state index contributed by atoms with van der Waals surface area (Å²) in [4.78, 5) is 0. The van der Waals surface area contributed by atoms with Crippen LogP contribution in [0.15, 0.2) is 18.2 Å². The molecule has 0 aliphatic carbocycles. The van der Waals surface area contributed by atoms with Gasteiger partial charge in [0, 0.05) is 12.0 Å². The molecule has 3 heteroatoms. The standard InChI is InChI=1S/C13H18O3/c1-3-6-13(15-7-8-16-13)11-4-5-12(14)10(2)9-11/h4-5,9,14H,3,6-8H2,1-2H3. The van der Waals surface area contributed by atoms with Crippen LogP contribution in [0.2, 0.25) is 0 Å². The van der Waals surface area contributed by atoms with Gasteiger partial charge in [0.05, 0.1) is 13.2 Å². The van der Waals surface area contributed by atoms with E-state index < -0.39 is 5.79 Å². The van der Waals surface area contributed by atoms with Crippen LogP contribution in [0.25, 0.3) is 0 Å². The molecule has 0 saturated carbocycles.